The van der Waals surface area contributed by atoms with Crippen LogP contribution in [0.2, 0.25) is 0 Å². The number of hydrogen-bond donors (Lipinski definition) is 1. The number of nitrogens with two attached hydrogens (primary N) is 1. The minimum atomic E-state index is 0.0676. The molecular formula is C10H14N6O. The van der Waals surface area contributed by atoms with Crippen molar-refractivity contribution in [1.82, 2.24) is 24.8 Å². The summed E-state index contributed by atoms with van der Waals surface area (Å²) >= 11 is 0. The number of hydrazine groups is 1. The second kappa shape index (κ2) is 3.64. The molecule has 2 aromatic heterocycles. The van der Waals surface area contributed by atoms with Crippen molar-refractivity contribution in [3.63, 3.8) is 0 Å². The van der Waals surface area contributed by atoms with Crippen LogP contribution in [0.15, 0.2) is 10.7 Å². The molecule has 7 nitrogen and oxygen atoms in total. The molecule has 0 saturated carbocycles. The lowest BCUT2D eigenvalue weighted by atomic mass is 10.2. The fourth-order valence-electron chi connectivity index (χ4n) is 2.06. The molecule has 3 rings (SSSR count). The van der Waals surface area contributed by atoms with Crippen LogP contribution in [-0.4, -0.2) is 31.3 Å². The molecule has 0 radical (unpaired) electrons. The molecule has 0 aromatic carbocycles. The van der Waals surface area contributed by atoms with Gasteiger partial charge in [0.25, 0.3) is 0 Å². The number of aryl methyl sites for hydroxylation is 1. The standard InChI is InChI=1S/C10H14N6O/c1-6-9-13-14-10(8-5-17-7(2)12-8)15(9)3-4-16(6)11/h5-6H,3-4,11H2,1-2H3/t6-/m0/s1. The van der Waals surface area contributed by atoms with E-state index in [9.17, 15) is 0 Å². The van der Waals surface area contributed by atoms with Crippen LogP contribution in [0.1, 0.15) is 24.7 Å². The van der Waals surface area contributed by atoms with E-state index < -0.39 is 0 Å². The van der Waals surface area contributed by atoms with E-state index in [-0.39, 0.29) is 6.04 Å². The Kier molecular flexibility index (Phi) is 2.23. The first kappa shape index (κ1) is 10.4. The lowest BCUT2D eigenvalue weighted by Crippen LogP contribution is -2.41. The number of nitrogens with zero attached hydrogens (tertiary/aromatic N) is 5. The molecule has 0 saturated heterocycles. The Balaban J connectivity index is 2.07. The van der Waals surface area contributed by atoms with Gasteiger partial charge in [-0.2, -0.15) is 0 Å². The van der Waals surface area contributed by atoms with Crippen LogP contribution in [0, 0.1) is 6.92 Å². The monoisotopic (exact) mass is 234 g/mol. The fraction of sp³-hybridized carbons (Fsp3) is 0.500. The maximum atomic E-state index is 5.86. The highest BCUT2D eigenvalue weighted by Crippen LogP contribution is 2.25. The molecule has 1 aliphatic heterocycles. The van der Waals surface area contributed by atoms with Crippen LogP contribution in [0.3, 0.4) is 0 Å². The van der Waals surface area contributed by atoms with Crippen molar-refractivity contribution in [1.29, 1.82) is 0 Å². The van der Waals surface area contributed by atoms with E-state index in [1.807, 2.05) is 11.5 Å². The summed E-state index contributed by atoms with van der Waals surface area (Å²) in [6, 6.07) is 0.0676. The smallest absolute Gasteiger partial charge is 0.191 e. The average Bonchev–Trinajstić information content (AvgIpc) is 2.89. The van der Waals surface area contributed by atoms with Crippen molar-refractivity contribution in [3.8, 4) is 11.5 Å². The molecule has 3 heterocycles. The van der Waals surface area contributed by atoms with Crippen LogP contribution in [0.25, 0.3) is 11.5 Å². The minimum Gasteiger partial charge on any atom is -0.449 e. The summed E-state index contributed by atoms with van der Waals surface area (Å²) in [7, 11) is 0. The van der Waals surface area contributed by atoms with Gasteiger partial charge >= 0.3 is 0 Å². The first-order valence-corrected chi connectivity index (χ1v) is 5.54. The minimum absolute atomic E-state index is 0.0676. The largest absolute Gasteiger partial charge is 0.449 e. The van der Waals surface area contributed by atoms with E-state index in [0.717, 1.165) is 30.4 Å². The van der Waals surface area contributed by atoms with E-state index in [0.29, 0.717) is 5.89 Å². The summed E-state index contributed by atoms with van der Waals surface area (Å²) < 4.78 is 7.25. The van der Waals surface area contributed by atoms with E-state index in [1.165, 1.54) is 0 Å². The highest BCUT2D eigenvalue weighted by Gasteiger charge is 2.27. The van der Waals surface area contributed by atoms with Crippen LogP contribution in [0.5, 0.6) is 0 Å². The van der Waals surface area contributed by atoms with Gasteiger partial charge < -0.3 is 8.98 Å². The maximum absolute atomic E-state index is 5.86. The highest BCUT2D eigenvalue weighted by atomic mass is 16.3. The van der Waals surface area contributed by atoms with Crippen molar-refractivity contribution < 1.29 is 4.42 Å². The highest BCUT2D eigenvalue weighted by molar-refractivity contribution is 5.47. The normalized spacial score (nSPS) is 20.5. The molecular weight excluding hydrogens is 220 g/mol. The Morgan fingerprint density at radius 1 is 1.41 bits per heavy atom. The Morgan fingerprint density at radius 2 is 2.24 bits per heavy atom. The van der Waals surface area contributed by atoms with Gasteiger partial charge in [0.2, 0.25) is 0 Å². The predicted octanol–water partition coefficient (Wildman–Crippen LogP) is 0.492. The Bertz CT molecular complexity index is 545. The molecule has 0 amide bonds. The second-order valence-electron chi connectivity index (χ2n) is 4.20. The van der Waals surface area contributed by atoms with Crippen LogP contribution >= 0.6 is 0 Å². The van der Waals surface area contributed by atoms with Gasteiger partial charge in [-0.3, -0.25) is 5.84 Å². The van der Waals surface area contributed by atoms with Gasteiger partial charge in [-0.1, -0.05) is 0 Å². The molecule has 17 heavy (non-hydrogen) atoms. The zero-order valence-electron chi connectivity index (χ0n) is 9.79. The molecule has 0 spiro atoms. The Morgan fingerprint density at radius 3 is 2.94 bits per heavy atom. The zero-order chi connectivity index (χ0) is 12.0. The number of hydrogen-bond acceptors (Lipinski definition) is 6. The number of aromatic nitrogens is 4. The fourth-order valence-corrected chi connectivity index (χ4v) is 2.06. The molecule has 1 atom stereocenters. The zero-order valence-corrected chi connectivity index (χ0v) is 9.79. The SMILES string of the molecule is Cc1nc(-c2nnc3n2CCN(N)[C@H]3C)co1. The summed E-state index contributed by atoms with van der Waals surface area (Å²) in [6.07, 6.45) is 1.60. The van der Waals surface area contributed by atoms with Crippen LogP contribution in [0.4, 0.5) is 0 Å². The Labute approximate surface area is 98.2 Å². The molecule has 0 unspecified atom stereocenters. The van der Waals surface area contributed by atoms with Gasteiger partial charge in [-0.05, 0) is 6.92 Å². The van der Waals surface area contributed by atoms with Gasteiger partial charge in [0.1, 0.15) is 12.0 Å². The summed E-state index contributed by atoms with van der Waals surface area (Å²) in [5.74, 6) is 8.11. The van der Waals surface area contributed by atoms with Crippen LogP contribution < -0.4 is 5.84 Å². The van der Waals surface area contributed by atoms with Gasteiger partial charge in [-0.25, -0.2) is 9.99 Å². The molecule has 1 aliphatic rings. The third kappa shape index (κ3) is 1.55. The van der Waals surface area contributed by atoms with E-state index in [4.69, 9.17) is 10.3 Å². The van der Waals surface area contributed by atoms with Gasteiger partial charge in [0.05, 0.1) is 6.04 Å². The van der Waals surface area contributed by atoms with Gasteiger partial charge in [0.15, 0.2) is 17.5 Å². The van der Waals surface area contributed by atoms with Crippen molar-refractivity contribution in [2.75, 3.05) is 6.54 Å². The van der Waals surface area contributed by atoms with Crippen molar-refractivity contribution in [2.45, 2.75) is 26.4 Å². The molecule has 0 fully saturated rings. The van der Waals surface area contributed by atoms with Gasteiger partial charge in [-0.15, -0.1) is 10.2 Å². The van der Waals surface area contributed by atoms with Crippen LogP contribution in [-0.2, 0) is 6.54 Å². The van der Waals surface area contributed by atoms with Gasteiger partial charge in [0, 0.05) is 20.0 Å². The van der Waals surface area contributed by atoms with Crippen molar-refractivity contribution in [2.24, 2.45) is 5.84 Å². The Hall–Kier alpha value is -1.73. The summed E-state index contributed by atoms with van der Waals surface area (Å²) in [5.41, 5.74) is 0.721. The summed E-state index contributed by atoms with van der Waals surface area (Å²) in [6.45, 7) is 5.36. The molecule has 7 heteroatoms. The maximum Gasteiger partial charge on any atom is 0.191 e. The number of oxazole rings is 1. The third-order valence-electron chi connectivity index (χ3n) is 3.08. The van der Waals surface area contributed by atoms with Crippen molar-refractivity contribution >= 4 is 0 Å². The molecule has 2 N–H and O–H groups in total. The van der Waals surface area contributed by atoms with E-state index in [1.54, 1.807) is 18.2 Å². The lowest BCUT2D eigenvalue weighted by molar-refractivity contribution is 0.168. The predicted molar refractivity (Wildman–Crippen MR) is 59.6 cm³/mol. The molecule has 0 bridgehead atoms. The van der Waals surface area contributed by atoms with E-state index >= 15 is 0 Å². The third-order valence-corrected chi connectivity index (χ3v) is 3.08. The second-order valence-corrected chi connectivity index (χ2v) is 4.20. The molecule has 90 valence electrons. The quantitative estimate of drug-likeness (QED) is 0.723. The van der Waals surface area contributed by atoms with E-state index in [2.05, 4.69) is 15.2 Å². The van der Waals surface area contributed by atoms with Crippen molar-refractivity contribution in [3.05, 3.63) is 18.0 Å². The summed E-state index contributed by atoms with van der Waals surface area (Å²) in [4.78, 5) is 4.27. The molecule has 0 aliphatic carbocycles. The topological polar surface area (TPSA) is 86.0 Å². The number of fused-ring (bicyclic) bond motifs is 1. The number of rotatable bonds is 1. The lowest BCUT2D eigenvalue weighted by Gasteiger charge is -2.29. The molecule has 2 aromatic rings. The first-order chi connectivity index (χ1) is 8.16. The average molecular weight is 234 g/mol. The summed E-state index contributed by atoms with van der Waals surface area (Å²) in [5, 5.41) is 10.1. The first-order valence-electron chi connectivity index (χ1n) is 5.54.